The largest absolute Gasteiger partial charge is 0.455 e. The summed E-state index contributed by atoms with van der Waals surface area (Å²) in [4.78, 5) is 32.3. The molecule has 3 N–H and O–H groups in total. The lowest BCUT2D eigenvalue weighted by molar-refractivity contribution is 0.425. The van der Waals surface area contributed by atoms with Crippen molar-refractivity contribution < 1.29 is 4.74 Å². The van der Waals surface area contributed by atoms with Gasteiger partial charge in [-0.2, -0.15) is 0 Å². The number of hydrogen-bond donors (Lipinski definition) is 3. The molecule has 2 aromatic heterocycles. The molecule has 0 bridgehead atoms. The molecule has 7 nitrogen and oxygen atoms in total. The maximum Gasteiger partial charge on any atom is 0.327 e. The fraction of sp³-hybridized carbons (Fsp3) is 0.0682. The van der Waals surface area contributed by atoms with Gasteiger partial charge in [-0.15, -0.1) is 0 Å². The Morgan fingerprint density at radius 3 is 1.36 bits per heavy atom. The van der Waals surface area contributed by atoms with E-state index in [0.717, 1.165) is 11.5 Å². The second kappa shape index (κ2) is 14.6. The first kappa shape index (κ1) is 34.2. The van der Waals surface area contributed by atoms with Crippen LogP contribution in [0, 0.1) is 0 Å². The van der Waals surface area contributed by atoms with Crippen molar-refractivity contribution in [3.63, 3.8) is 0 Å². The molecule has 1 aliphatic heterocycles. The summed E-state index contributed by atoms with van der Waals surface area (Å²) in [5, 5.41) is 7.81. The van der Waals surface area contributed by atoms with Gasteiger partial charge in [0.15, 0.2) is 5.65 Å². The lowest BCUT2D eigenvalue weighted by Crippen LogP contribution is -2.32. The fourth-order valence-electron chi connectivity index (χ4n) is 6.88. The molecule has 53 heavy (non-hydrogen) atoms. The first-order valence-electron chi connectivity index (χ1n) is 17.3. The van der Waals surface area contributed by atoms with Crippen LogP contribution in [0.15, 0.2) is 174 Å². The summed E-state index contributed by atoms with van der Waals surface area (Å²) in [5.41, 5.74) is 1.82. The van der Waals surface area contributed by atoms with E-state index in [1.54, 1.807) is 0 Å². The second-order valence-electron chi connectivity index (χ2n) is 13.1. The number of benzene rings is 6. The quantitative estimate of drug-likeness (QED) is 0.169. The van der Waals surface area contributed by atoms with Gasteiger partial charge in [-0.05, 0) is 37.1 Å². The Hall–Kier alpha value is -5.87. The maximum atomic E-state index is 10.9. The summed E-state index contributed by atoms with van der Waals surface area (Å²) < 4.78 is 7.26. The number of ether oxygens (including phenoxy) is 1. The molecule has 0 amide bonds. The van der Waals surface area contributed by atoms with Gasteiger partial charge >= 0.3 is 5.69 Å². The summed E-state index contributed by atoms with van der Waals surface area (Å²) in [6.07, 6.45) is 1.34. The van der Waals surface area contributed by atoms with Crippen molar-refractivity contribution in [2.75, 3.05) is 0 Å². The Morgan fingerprint density at radius 1 is 0.528 bits per heavy atom. The topological polar surface area (TPSA) is 104 Å². The minimum atomic E-state index is -0.824. The monoisotopic (exact) mass is 730 g/mol. The predicted octanol–water partition coefficient (Wildman–Crippen LogP) is 6.57. The highest BCUT2D eigenvalue weighted by atomic mass is 31.1. The Balaban J connectivity index is 0.000000310. The lowest BCUT2D eigenvalue weighted by Gasteiger charge is -2.38. The van der Waals surface area contributed by atoms with Crippen molar-refractivity contribution in [1.29, 1.82) is 0 Å². The van der Waals surface area contributed by atoms with Gasteiger partial charge in [0, 0.05) is 27.2 Å². The number of fused-ring (bicyclic) bond motifs is 3. The first-order chi connectivity index (χ1) is 25.9. The Kier molecular flexibility index (Phi) is 9.45. The molecule has 0 radical (unpaired) electrons. The van der Waals surface area contributed by atoms with E-state index in [9.17, 15) is 9.59 Å². The summed E-state index contributed by atoms with van der Waals surface area (Å²) in [5.74, 6) is 2.02. The second-order valence-corrected chi connectivity index (χ2v) is 17.5. The van der Waals surface area contributed by atoms with Crippen LogP contribution < -0.4 is 47.8 Å². The van der Waals surface area contributed by atoms with Crippen LogP contribution in [0.4, 0.5) is 0 Å². The number of aromatic amines is 3. The van der Waals surface area contributed by atoms with Crippen molar-refractivity contribution in [3.05, 3.63) is 196 Å². The van der Waals surface area contributed by atoms with E-state index in [-0.39, 0.29) is 16.6 Å². The Bertz CT molecular complexity index is 2410. The minimum Gasteiger partial charge on any atom is -0.455 e. The molecule has 3 heterocycles. The van der Waals surface area contributed by atoms with Gasteiger partial charge in [-0.3, -0.25) is 14.8 Å². The number of imidazole rings is 1. The molecule has 6 aromatic carbocycles. The molecule has 9 rings (SSSR count). The van der Waals surface area contributed by atoms with Crippen molar-refractivity contribution in [2.45, 2.75) is 19.3 Å². The van der Waals surface area contributed by atoms with Crippen LogP contribution in [-0.4, -0.2) is 19.9 Å². The van der Waals surface area contributed by atoms with Crippen LogP contribution in [-0.2, 0) is 5.41 Å². The molecule has 0 unspecified atom stereocenters. The molecular weight excluding hydrogens is 694 g/mol. The first-order valence-corrected chi connectivity index (χ1v) is 20.0. The number of rotatable bonds is 6. The number of nitrogens with one attached hydrogen (secondary N) is 3. The molecular formula is C44H36N4O3P2. The van der Waals surface area contributed by atoms with E-state index in [2.05, 4.69) is 192 Å². The molecule has 0 saturated carbocycles. The third-order valence-corrected chi connectivity index (χ3v) is 14.3. The third-order valence-electron chi connectivity index (χ3n) is 9.40. The smallest absolute Gasteiger partial charge is 0.327 e. The molecule has 0 aliphatic carbocycles. The highest BCUT2D eigenvalue weighted by molar-refractivity contribution is 7.80. The molecule has 0 saturated heterocycles. The van der Waals surface area contributed by atoms with Crippen molar-refractivity contribution in [1.82, 2.24) is 19.9 Å². The van der Waals surface area contributed by atoms with Crippen molar-refractivity contribution in [3.8, 4) is 11.5 Å². The SMILES string of the molecule is CC1(C)c2cccc(P(c3ccccc3)c3ccccc3)c2Oc2c(P(c3ccccc3)c3ccccc3)cccc21.O=c1[nH]c(=O)c2[nH]cnc2[nH]1. The fourth-order valence-corrected chi connectivity index (χ4v) is 11.7. The van der Waals surface area contributed by atoms with Crippen LogP contribution in [0.25, 0.3) is 11.2 Å². The number of aromatic nitrogens is 4. The van der Waals surface area contributed by atoms with Crippen LogP contribution in [0.5, 0.6) is 11.5 Å². The molecule has 0 atom stereocenters. The van der Waals surface area contributed by atoms with E-state index in [1.165, 1.54) is 49.3 Å². The molecule has 8 aromatic rings. The summed E-state index contributed by atoms with van der Waals surface area (Å²) in [6.45, 7) is 4.70. The average Bonchev–Trinajstić information content (AvgIpc) is 3.67. The lowest BCUT2D eigenvalue weighted by atomic mass is 9.76. The number of hydrogen-bond acceptors (Lipinski definition) is 4. The molecule has 9 heteroatoms. The number of H-pyrrole nitrogens is 3. The van der Waals surface area contributed by atoms with Gasteiger partial charge in [-0.25, -0.2) is 9.78 Å². The normalized spacial score (nSPS) is 12.8. The number of nitrogens with zero attached hydrogens (tertiary/aromatic N) is 1. The Morgan fingerprint density at radius 2 is 0.943 bits per heavy atom. The van der Waals surface area contributed by atoms with Crippen LogP contribution in [0.2, 0.25) is 0 Å². The summed E-state index contributed by atoms with van der Waals surface area (Å²) in [6, 6.07) is 57.2. The molecule has 260 valence electrons. The average molecular weight is 731 g/mol. The predicted molar refractivity (Wildman–Crippen MR) is 220 cm³/mol. The molecule has 1 aliphatic rings. The highest BCUT2D eigenvalue weighted by Crippen LogP contribution is 2.52. The van der Waals surface area contributed by atoms with Gasteiger partial charge in [0.25, 0.3) is 5.56 Å². The summed E-state index contributed by atoms with van der Waals surface area (Å²) >= 11 is 0. The third kappa shape index (κ3) is 6.66. The maximum absolute atomic E-state index is 10.9. The van der Waals surface area contributed by atoms with Crippen LogP contribution in [0.1, 0.15) is 25.0 Å². The van der Waals surface area contributed by atoms with E-state index in [0.29, 0.717) is 0 Å². The zero-order chi connectivity index (χ0) is 36.4. The van der Waals surface area contributed by atoms with E-state index in [1.807, 2.05) is 0 Å². The van der Waals surface area contributed by atoms with Crippen molar-refractivity contribution in [2.24, 2.45) is 0 Å². The highest BCUT2D eigenvalue weighted by Gasteiger charge is 2.39. The summed E-state index contributed by atoms with van der Waals surface area (Å²) in [7, 11) is -1.65. The van der Waals surface area contributed by atoms with E-state index in [4.69, 9.17) is 4.74 Å². The zero-order valence-corrected chi connectivity index (χ0v) is 30.9. The van der Waals surface area contributed by atoms with E-state index >= 15 is 0 Å². The van der Waals surface area contributed by atoms with Crippen LogP contribution in [0.3, 0.4) is 0 Å². The minimum absolute atomic E-state index is 0.225. The van der Waals surface area contributed by atoms with Gasteiger partial charge < -0.3 is 9.72 Å². The standard InChI is InChI=1S/C39H32OP2.C5H4N4O2/c1-39(2)33-25-15-27-35(41(29-17-7-3-8-18-29)30-19-9-4-10-20-30)37(33)40-38-34(39)26-16-28-36(38)42(31-21-11-5-12-22-31)32-23-13-6-14-24-32;10-4-2-3(7-1-6-2)8-5(11)9-4/h3-28H,1-2H3;1H,(H3,6,7,8,9,10,11). The zero-order valence-electron chi connectivity index (χ0n) is 29.2. The van der Waals surface area contributed by atoms with Gasteiger partial charge in [0.05, 0.1) is 6.33 Å². The van der Waals surface area contributed by atoms with Crippen LogP contribution >= 0.6 is 15.8 Å². The molecule has 0 spiro atoms. The van der Waals surface area contributed by atoms with Crippen molar-refractivity contribution >= 4 is 58.8 Å². The molecule has 0 fully saturated rings. The van der Waals surface area contributed by atoms with Gasteiger partial charge in [-0.1, -0.05) is 172 Å². The van der Waals surface area contributed by atoms with Gasteiger partial charge in [0.2, 0.25) is 0 Å². The number of para-hydroxylation sites is 2. The van der Waals surface area contributed by atoms with Gasteiger partial charge in [0.1, 0.15) is 17.0 Å². The van der Waals surface area contributed by atoms with E-state index < -0.39 is 27.1 Å². The Labute approximate surface area is 309 Å².